The summed E-state index contributed by atoms with van der Waals surface area (Å²) < 4.78 is 5.76. The van der Waals surface area contributed by atoms with E-state index >= 15 is 0 Å². The number of nitrogens with two attached hydrogens (primary N) is 1. The van der Waals surface area contributed by atoms with Gasteiger partial charge in [0.05, 0.1) is 10.0 Å². The highest BCUT2D eigenvalue weighted by molar-refractivity contribution is 6.37. The summed E-state index contributed by atoms with van der Waals surface area (Å²) in [5, 5.41) is 1.12. The standard InChI is InChI=1S/C16H24Cl2N2O/c1-20(15-8-3-2-5-12(15)11-19)9-10-21-16-13(17)6-4-7-14(16)18/h4,6-7,12,15H,2-3,5,8-11,19H2,1H3. The van der Waals surface area contributed by atoms with Crippen LogP contribution in [0, 0.1) is 5.92 Å². The first kappa shape index (κ1) is 16.9. The molecule has 0 aliphatic heterocycles. The zero-order valence-corrected chi connectivity index (χ0v) is 14.0. The Hall–Kier alpha value is -0.480. The molecule has 0 spiro atoms. The van der Waals surface area contributed by atoms with Crippen molar-refractivity contribution in [3.63, 3.8) is 0 Å². The van der Waals surface area contributed by atoms with Gasteiger partial charge in [-0.1, -0.05) is 42.1 Å². The highest BCUT2D eigenvalue weighted by atomic mass is 35.5. The van der Waals surface area contributed by atoms with Gasteiger partial charge in [0, 0.05) is 12.6 Å². The molecule has 1 aromatic rings. The number of halogens is 2. The van der Waals surface area contributed by atoms with Gasteiger partial charge in [0.1, 0.15) is 6.61 Å². The van der Waals surface area contributed by atoms with Crippen molar-refractivity contribution < 1.29 is 4.74 Å². The summed E-state index contributed by atoms with van der Waals surface area (Å²) in [5.74, 6) is 1.18. The first-order valence-electron chi connectivity index (χ1n) is 7.60. The summed E-state index contributed by atoms with van der Waals surface area (Å²) in [7, 11) is 2.15. The molecule has 1 aromatic carbocycles. The third-order valence-corrected chi connectivity index (χ3v) is 4.94. The number of hydrogen-bond acceptors (Lipinski definition) is 3. The Morgan fingerprint density at radius 3 is 2.57 bits per heavy atom. The van der Waals surface area contributed by atoms with E-state index in [1.54, 1.807) is 12.1 Å². The Balaban J connectivity index is 1.85. The van der Waals surface area contributed by atoms with Crippen LogP contribution in [-0.4, -0.2) is 37.7 Å². The van der Waals surface area contributed by atoms with Gasteiger partial charge in [0.15, 0.2) is 5.75 Å². The van der Waals surface area contributed by atoms with E-state index in [1.165, 1.54) is 25.7 Å². The number of ether oxygens (including phenoxy) is 1. The normalized spacial score (nSPS) is 22.5. The summed E-state index contributed by atoms with van der Waals surface area (Å²) in [6.45, 7) is 2.20. The first-order chi connectivity index (χ1) is 10.1. The number of rotatable bonds is 6. The third-order valence-electron chi connectivity index (χ3n) is 4.35. The molecule has 0 saturated heterocycles. The summed E-state index contributed by atoms with van der Waals surface area (Å²) in [6, 6.07) is 5.96. The lowest BCUT2D eigenvalue weighted by molar-refractivity contribution is 0.116. The molecule has 1 aliphatic carbocycles. The highest BCUT2D eigenvalue weighted by Gasteiger charge is 2.27. The minimum atomic E-state index is 0.558. The van der Waals surface area contributed by atoms with E-state index in [0.717, 1.165) is 13.1 Å². The summed E-state index contributed by atoms with van der Waals surface area (Å²) in [6.07, 6.45) is 5.06. The number of benzene rings is 1. The van der Waals surface area contributed by atoms with Crippen molar-refractivity contribution in [3.8, 4) is 5.75 Å². The maximum absolute atomic E-state index is 6.10. The molecule has 0 aromatic heterocycles. The predicted molar refractivity (Wildman–Crippen MR) is 89.4 cm³/mol. The predicted octanol–water partition coefficient (Wildman–Crippen LogP) is 3.82. The molecule has 2 atom stereocenters. The van der Waals surface area contributed by atoms with E-state index in [9.17, 15) is 0 Å². The van der Waals surface area contributed by atoms with Crippen molar-refractivity contribution in [2.75, 3.05) is 26.7 Å². The largest absolute Gasteiger partial charge is 0.489 e. The molecule has 21 heavy (non-hydrogen) atoms. The fraction of sp³-hybridized carbons (Fsp3) is 0.625. The maximum atomic E-state index is 6.10. The van der Waals surface area contributed by atoms with E-state index < -0.39 is 0 Å². The van der Waals surface area contributed by atoms with Gasteiger partial charge in [-0.3, -0.25) is 4.90 Å². The van der Waals surface area contributed by atoms with Crippen LogP contribution >= 0.6 is 23.2 Å². The number of para-hydroxylation sites is 1. The van der Waals surface area contributed by atoms with Crippen LogP contribution in [0.25, 0.3) is 0 Å². The lowest BCUT2D eigenvalue weighted by atomic mass is 9.84. The summed E-state index contributed by atoms with van der Waals surface area (Å²) in [4.78, 5) is 2.36. The molecular weight excluding hydrogens is 307 g/mol. The topological polar surface area (TPSA) is 38.5 Å². The number of hydrogen-bond donors (Lipinski definition) is 1. The van der Waals surface area contributed by atoms with Crippen molar-refractivity contribution in [1.82, 2.24) is 4.90 Å². The van der Waals surface area contributed by atoms with Gasteiger partial charge >= 0.3 is 0 Å². The number of nitrogens with zero attached hydrogens (tertiary/aromatic N) is 1. The van der Waals surface area contributed by atoms with E-state index in [0.29, 0.717) is 34.4 Å². The summed E-state index contributed by atoms with van der Waals surface area (Å²) in [5.41, 5.74) is 5.90. The summed E-state index contributed by atoms with van der Waals surface area (Å²) >= 11 is 12.2. The van der Waals surface area contributed by atoms with Gasteiger partial charge < -0.3 is 10.5 Å². The molecule has 118 valence electrons. The van der Waals surface area contributed by atoms with Crippen LogP contribution in [0.3, 0.4) is 0 Å². The van der Waals surface area contributed by atoms with Crippen LogP contribution in [0.2, 0.25) is 10.0 Å². The second kappa shape index (κ2) is 8.23. The van der Waals surface area contributed by atoms with Gasteiger partial charge in [-0.15, -0.1) is 0 Å². The Labute approximate surface area is 137 Å². The van der Waals surface area contributed by atoms with E-state index in [4.69, 9.17) is 33.7 Å². The zero-order chi connectivity index (χ0) is 15.2. The van der Waals surface area contributed by atoms with Crippen molar-refractivity contribution >= 4 is 23.2 Å². The van der Waals surface area contributed by atoms with Gasteiger partial charge in [-0.25, -0.2) is 0 Å². The maximum Gasteiger partial charge on any atom is 0.156 e. The molecule has 0 amide bonds. The monoisotopic (exact) mass is 330 g/mol. The Kier molecular flexibility index (Phi) is 6.62. The van der Waals surface area contributed by atoms with Crippen molar-refractivity contribution in [2.24, 2.45) is 11.7 Å². The minimum Gasteiger partial charge on any atom is -0.489 e. The zero-order valence-electron chi connectivity index (χ0n) is 12.5. The fourth-order valence-electron chi connectivity index (χ4n) is 3.12. The van der Waals surface area contributed by atoms with Crippen molar-refractivity contribution in [3.05, 3.63) is 28.2 Å². The van der Waals surface area contributed by atoms with Crippen LogP contribution in [0.5, 0.6) is 5.75 Å². The van der Waals surface area contributed by atoms with Crippen LogP contribution in [0.1, 0.15) is 25.7 Å². The number of likely N-dealkylation sites (N-methyl/N-ethyl adjacent to an activating group) is 1. The molecule has 0 bridgehead atoms. The smallest absolute Gasteiger partial charge is 0.156 e. The van der Waals surface area contributed by atoms with Gasteiger partial charge in [-0.05, 0) is 44.5 Å². The molecule has 5 heteroatoms. The molecule has 1 saturated carbocycles. The van der Waals surface area contributed by atoms with Crippen LogP contribution in [-0.2, 0) is 0 Å². The van der Waals surface area contributed by atoms with Crippen LogP contribution in [0.15, 0.2) is 18.2 Å². The average Bonchev–Trinajstić information content (AvgIpc) is 2.50. The average molecular weight is 331 g/mol. The lowest BCUT2D eigenvalue weighted by Gasteiger charge is -2.37. The second-order valence-corrected chi connectivity index (χ2v) is 6.54. The minimum absolute atomic E-state index is 0.558. The lowest BCUT2D eigenvalue weighted by Crippen LogP contribution is -2.44. The third kappa shape index (κ3) is 4.49. The van der Waals surface area contributed by atoms with Crippen molar-refractivity contribution in [1.29, 1.82) is 0 Å². The molecule has 1 fully saturated rings. The van der Waals surface area contributed by atoms with Gasteiger partial charge in [-0.2, -0.15) is 0 Å². The molecule has 2 N–H and O–H groups in total. The van der Waals surface area contributed by atoms with Gasteiger partial charge in [0.2, 0.25) is 0 Å². The quantitative estimate of drug-likeness (QED) is 0.861. The molecule has 2 rings (SSSR count). The SMILES string of the molecule is CN(CCOc1c(Cl)cccc1Cl)C1CCCCC1CN. The molecular formula is C16H24Cl2N2O. The fourth-order valence-corrected chi connectivity index (χ4v) is 3.63. The van der Waals surface area contributed by atoms with E-state index in [2.05, 4.69) is 11.9 Å². The van der Waals surface area contributed by atoms with Crippen molar-refractivity contribution in [2.45, 2.75) is 31.7 Å². The van der Waals surface area contributed by atoms with Crippen LogP contribution < -0.4 is 10.5 Å². The molecule has 0 heterocycles. The highest BCUT2D eigenvalue weighted by Crippen LogP contribution is 2.32. The Morgan fingerprint density at radius 2 is 1.90 bits per heavy atom. The first-order valence-corrected chi connectivity index (χ1v) is 8.36. The Bertz CT molecular complexity index is 436. The van der Waals surface area contributed by atoms with E-state index in [1.807, 2.05) is 6.07 Å². The molecule has 0 radical (unpaired) electrons. The molecule has 2 unspecified atom stereocenters. The molecule has 3 nitrogen and oxygen atoms in total. The second-order valence-electron chi connectivity index (χ2n) is 5.73. The molecule has 1 aliphatic rings. The Morgan fingerprint density at radius 1 is 1.24 bits per heavy atom. The van der Waals surface area contributed by atoms with Gasteiger partial charge in [0.25, 0.3) is 0 Å². The van der Waals surface area contributed by atoms with Crippen LogP contribution in [0.4, 0.5) is 0 Å². The van der Waals surface area contributed by atoms with E-state index in [-0.39, 0.29) is 0 Å².